The van der Waals surface area contributed by atoms with E-state index in [2.05, 4.69) is 125 Å². The van der Waals surface area contributed by atoms with Gasteiger partial charge >= 0.3 is 12.2 Å². The third-order valence-corrected chi connectivity index (χ3v) is 9.35. The molecule has 1 aromatic heterocycles. The fourth-order valence-corrected chi connectivity index (χ4v) is 6.67. The maximum absolute atomic E-state index is 12.7. The Kier molecular flexibility index (Phi) is 20.8. The lowest BCUT2D eigenvalue weighted by molar-refractivity contribution is -0.131. The van der Waals surface area contributed by atoms with Gasteiger partial charge in [0.1, 0.15) is 13.1 Å². The van der Waals surface area contributed by atoms with E-state index in [0.717, 1.165) is 78.6 Å². The second-order valence-electron chi connectivity index (χ2n) is 13.9. The molecule has 0 saturated carbocycles. The summed E-state index contributed by atoms with van der Waals surface area (Å²) in [6.45, 7) is 10.8. The van der Waals surface area contributed by atoms with Crippen LogP contribution in [0.3, 0.4) is 0 Å². The van der Waals surface area contributed by atoms with Gasteiger partial charge in [0.05, 0.1) is 25.9 Å². The van der Waals surface area contributed by atoms with Gasteiger partial charge in [-0.25, -0.2) is 9.59 Å². The zero-order valence-corrected chi connectivity index (χ0v) is 33.8. The molecule has 0 spiro atoms. The van der Waals surface area contributed by atoms with E-state index < -0.39 is 12.2 Å². The molecule has 3 aliphatic rings. The summed E-state index contributed by atoms with van der Waals surface area (Å²) in [4.78, 5) is 57.6. The van der Waals surface area contributed by atoms with Gasteiger partial charge in [-0.15, -0.1) is 0 Å². The van der Waals surface area contributed by atoms with Crippen LogP contribution in [-0.4, -0.2) is 91.9 Å². The average Bonchev–Trinajstić information content (AvgIpc) is 4.06. The highest BCUT2D eigenvalue weighted by Crippen LogP contribution is 2.35. The van der Waals surface area contributed by atoms with E-state index in [-0.39, 0.29) is 45.8 Å². The van der Waals surface area contributed by atoms with Gasteiger partial charge in [0.2, 0.25) is 11.8 Å². The van der Waals surface area contributed by atoms with E-state index in [0.29, 0.717) is 6.54 Å². The number of aliphatic imine (C=N–C) groups is 1. The fourth-order valence-electron chi connectivity index (χ4n) is 6.67. The maximum atomic E-state index is 12.7. The first kappa shape index (κ1) is 48.5. The number of alkyl carbamates (subject to hydrolysis) is 2. The van der Waals surface area contributed by atoms with Crippen LogP contribution in [0.1, 0.15) is 98.4 Å². The van der Waals surface area contributed by atoms with Crippen molar-refractivity contribution in [2.45, 2.75) is 93.5 Å². The average molecular weight is 799 g/mol. The first-order chi connectivity index (χ1) is 27.1. The lowest BCUT2D eigenvalue weighted by atomic mass is 9.98. The molecule has 316 valence electrons. The minimum absolute atomic E-state index is 0. The number of rotatable bonds is 7. The molecule has 0 radical (unpaired) electrons. The van der Waals surface area contributed by atoms with Crippen LogP contribution in [0.4, 0.5) is 15.3 Å². The molecule has 4 heterocycles. The molecule has 58 heavy (non-hydrogen) atoms. The zero-order valence-electron chi connectivity index (χ0n) is 33.8. The van der Waals surface area contributed by atoms with Crippen LogP contribution in [0, 0.1) is 0 Å². The van der Waals surface area contributed by atoms with Crippen molar-refractivity contribution in [1.29, 1.82) is 0 Å². The molecule has 0 aliphatic carbocycles. The number of nitrogens with zero attached hydrogens (tertiary/aromatic N) is 3. The second kappa shape index (κ2) is 24.9. The number of methoxy groups -OCH3 is 2. The van der Waals surface area contributed by atoms with Gasteiger partial charge < -0.3 is 34.9 Å². The number of aromatic nitrogens is 1. The van der Waals surface area contributed by atoms with E-state index in [1.165, 1.54) is 43.8 Å². The number of hydrogen-bond acceptors (Lipinski definition) is 7. The van der Waals surface area contributed by atoms with Crippen molar-refractivity contribution in [3.8, 4) is 22.3 Å². The van der Waals surface area contributed by atoms with E-state index in [1.54, 1.807) is 4.90 Å². The van der Waals surface area contributed by atoms with Crippen molar-refractivity contribution in [2.75, 3.05) is 46.9 Å². The Morgan fingerprint density at radius 1 is 0.707 bits per heavy atom. The normalized spacial score (nSPS) is 14.5. The number of fused-ring (bicyclic) bond motifs is 2. The van der Waals surface area contributed by atoms with Crippen molar-refractivity contribution < 1.29 is 28.7 Å². The molecule has 2 fully saturated rings. The molecule has 7 rings (SSSR count). The van der Waals surface area contributed by atoms with Crippen LogP contribution < -0.4 is 10.6 Å². The molecule has 0 unspecified atom stereocenters. The largest absolute Gasteiger partial charge is 0.453 e. The summed E-state index contributed by atoms with van der Waals surface area (Å²) in [7, 11) is 2.56. The first-order valence-corrected chi connectivity index (χ1v) is 19.8. The molecular weight excluding hydrogens is 733 g/mol. The van der Waals surface area contributed by atoms with Crippen molar-refractivity contribution in [1.82, 2.24) is 25.4 Å². The molecule has 1 atom stereocenters. The van der Waals surface area contributed by atoms with Crippen molar-refractivity contribution >= 4 is 46.8 Å². The minimum Gasteiger partial charge on any atom is -0.453 e. The molecule has 4 aromatic rings. The monoisotopic (exact) mass is 799 g/mol. The molecule has 12 nitrogen and oxygen atoms in total. The summed E-state index contributed by atoms with van der Waals surface area (Å²) in [6.07, 6.45) is 8.14. The summed E-state index contributed by atoms with van der Waals surface area (Å²) < 4.78 is 8.92. The molecule has 0 bridgehead atoms. The SMILES string of the molecule is C.C.CCC.CCC.COC(=O)NCC(=O)N1CCCC1.COC(=O)NCC(=O)N1CCC[C@@H]1c1cc2ccc(-c3ccc(-c4ccc5c(c4)CC=N5)cc3)cc2[nH]1. The van der Waals surface area contributed by atoms with Crippen LogP contribution in [0.5, 0.6) is 0 Å². The third kappa shape index (κ3) is 13.5. The van der Waals surface area contributed by atoms with E-state index in [4.69, 9.17) is 0 Å². The van der Waals surface area contributed by atoms with Crippen LogP contribution in [-0.2, 0) is 25.5 Å². The molecule has 3 aliphatic heterocycles. The third-order valence-electron chi connectivity index (χ3n) is 9.35. The minimum atomic E-state index is -0.600. The Bertz CT molecular complexity index is 1930. The Morgan fingerprint density at radius 2 is 1.24 bits per heavy atom. The number of carbonyl (C=O) groups is 4. The lowest BCUT2D eigenvalue weighted by Gasteiger charge is -2.24. The number of likely N-dealkylation sites (tertiary alicyclic amines) is 2. The highest BCUT2D eigenvalue weighted by molar-refractivity contribution is 5.87. The zero-order chi connectivity index (χ0) is 40.5. The highest BCUT2D eigenvalue weighted by Gasteiger charge is 2.31. The number of hydrogen-bond donors (Lipinski definition) is 3. The quantitative estimate of drug-likeness (QED) is 0.170. The molecule has 3 aromatic carbocycles. The van der Waals surface area contributed by atoms with E-state index in [1.807, 2.05) is 11.1 Å². The Hall–Kier alpha value is -5.65. The van der Waals surface area contributed by atoms with Crippen LogP contribution in [0.15, 0.2) is 71.7 Å². The van der Waals surface area contributed by atoms with Crippen LogP contribution in [0.2, 0.25) is 0 Å². The maximum Gasteiger partial charge on any atom is 0.407 e. The smallest absolute Gasteiger partial charge is 0.407 e. The fraction of sp³-hybridized carbons (Fsp3) is 0.457. The van der Waals surface area contributed by atoms with Gasteiger partial charge in [0.15, 0.2) is 0 Å². The predicted molar refractivity (Wildman–Crippen MR) is 237 cm³/mol. The summed E-state index contributed by atoms with van der Waals surface area (Å²) in [5.41, 5.74) is 9.09. The predicted octanol–water partition coefficient (Wildman–Crippen LogP) is 9.85. The molecule has 2 saturated heterocycles. The topological polar surface area (TPSA) is 145 Å². The highest BCUT2D eigenvalue weighted by atomic mass is 16.5. The number of amides is 4. The number of nitrogens with one attached hydrogen (secondary N) is 3. The Labute approximate surface area is 345 Å². The lowest BCUT2D eigenvalue weighted by Crippen LogP contribution is -2.39. The summed E-state index contributed by atoms with van der Waals surface area (Å²) >= 11 is 0. The molecular formula is C46H66N6O6. The molecule has 12 heteroatoms. The van der Waals surface area contributed by atoms with Crippen molar-refractivity contribution in [2.24, 2.45) is 4.99 Å². The second-order valence-corrected chi connectivity index (χ2v) is 13.9. The Morgan fingerprint density at radius 3 is 1.83 bits per heavy atom. The summed E-state index contributed by atoms with van der Waals surface area (Å²) in [6, 6.07) is 23.6. The van der Waals surface area contributed by atoms with Gasteiger partial charge in [0.25, 0.3) is 0 Å². The molecule has 3 N–H and O–H groups in total. The number of carbonyl (C=O) groups excluding carboxylic acids is 4. The number of ether oxygens (including phenoxy) is 2. The van der Waals surface area contributed by atoms with E-state index in [9.17, 15) is 19.2 Å². The number of aromatic amines is 1. The molecule has 4 amide bonds. The van der Waals surface area contributed by atoms with Crippen molar-refractivity contribution in [3.05, 3.63) is 78.0 Å². The van der Waals surface area contributed by atoms with Gasteiger partial charge in [-0.05, 0) is 83.2 Å². The van der Waals surface area contributed by atoms with Gasteiger partial charge in [-0.3, -0.25) is 14.6 Å². The van der Waals surface area contributed by atoms with Crippen LogP contribution >= 0.6 is 0 Å². The van der Waals surface area contributed by atoms with Crippen molar-refractivity contribution in [3.63, 3.8) is 0 Å². The number of benzene rings is 3. The van der Waals surface area contributed by atoms with Gasteiger partial charge in [0, 0.05) is 43.5 Å². The van der Waals surface area contributed by atoms with Crippen LogP contribution in [0.25, 0.3) is 33.2 Å². The summed E-state index contributed by atoms with van der Waals surface area (Å²) in [5.74, 6) is -0.147. The van der Waals surface area contributed by atoms with Gasteiger partial charge in [-0.2, -0.15) is 0 Å². The first-order valence-electron chi connectivity index (χ1n) is 19.8. The summed E-state index contributed by atoms with van der Waals surface area (Å²) in [5, 5.41) is 5.96. The Balaban J connectivity index is 0.000000464. The standard InChI is InChI=1S/C30H28N4O3.C8H14N2O3.2C3H8.2CH4/c1-37-30(36)32-18-29(35)34-14-2-3-28(34)27-17-23-9-8-22(16-26(23)33-27)20-6-4-19(5-7-20)21-10-11-25-24(15-21)12-13-31-25;1-13-8(12)9-6-7(11)10-4-2-3-5-10;2*1-3-2;;/h4-11,13,15-17,28,33H,2-3,12,14,18H2,1H3,(H,32,36);2-6H2,1H3,(H,9,12);2*3H2,1-2H3;2*1H4/t28-;;;;;/m1...../s1. The van der Waals surface area contributed by atoms with Gasteiger partial charge in [-0.1, -0.05) is 97.9 Å². The number of H-pyrrole nitrogens is 1. The van der Waals surface area contributed by atoms with E-state index >= 15 is 0 Å².